The van der Waals surface area contributed by atoms with Crippen molar-refractivity contribution in [3.05, 3.63) is 52.9 Å². The lowest BCUT2D eigenvalue weighted by Crippen LogP contribution is -2.55. The number of nitrogens with zero attached hydrogens (tertiary/aromatic N) is 4. The Morgan fingerprint density at radius 3 is 2.57 bits per heavy atom. The van der Waals surface area contributed by atoms with E-state index in [4.69, 9.17) is 9.26 Å². The summed E-state index contributed by atoms with van der Waals surface area (Å²) in [6.45, 7) is 12.9. The molecule has 0 aliphatic carbocycles. The zero-order valence-electron chi connectivity index (χ0n) is 27.1. The van der Waals surface area contributed by atoms with E-state index in [-0.39, 0.29) is 42.8 Å². The van der Waals surface area contributed by atoms with Crippen LogP contribution in [0.3, 0.4) is 0 Å². The molecule has 3 aliphatic rings. The van der Waals surface area contributed by atoms with Gasteiger partial charge < -0.3 is 29.9 Å². The average molecular weight is 651 g/mol. The van der Waals surface area contributed by atoms with E-state index >= 15 is 0 Å². The molecule has 2 amide bonds. The van der Waals surface area contributed by atoms with E-state index in [1.165, 1.54) is 17.7 Å². The Morgan fingerprint density at radius 2 is 1.89 bits per heavy atom. The topological polar surface area (TPSA) is 133 Å². The second-order valence-electron chi connectivity index (χ2n) is 13.5. The third-order valence-electron chi connectivity index (χ3n) is 9.57. The first-order valence-corrected chi connectivity index (χ1v) is 17.4. The van der Waals surface area contributed by atoms with Gasteiger partial charge in [-0.15, -0.1) is 11.3 Å². The van der Waals surface area contributed by atoms with E-state index in [1.54, 1.807) is 17.4 Å². The molecule has 3 aliphatic heterocycles. The summed E-state index contributed by atoms with van der Waals surface area (Å²) in [4.78, 5) is 36.9. The molecule has 3 saturated heterocycles. The van der Waals surface area contributed by atoms with E-state index in [0.29, 0.717) is 11.6 Å². The summed E-state index contributed by atoms with van der Waals surface area (Å²) in [6, 6.07) is 8.71. The van der Waals surface area contributed by atoms with Crippen LogP contribution in [0.4, 0.5) is 0 Å². The highest BCUT2D eigenvalue weighted by molar-refractivity contribution is 7.13. The number of aliphatic hydroxyl groups excluding tert-OH is 1. The highest BCUT2D eigenvalue weighted by atomic mass is 32.1. The van der Waals surface area contributed by atoms with Gasteiger partial charge in [-0.2, -0.15) is 0 Å². The van der Waals surface area contributed by atoms with Crippen molar-refractivity contribution < 1.29 is 24.0 Å². The largest absolute Gasteiger partial charge is 0.469 e. The van der Waals surface area contributed by atoms with Crippen molar-refractivity contribution >= 4 is 23.2 Å². The zero-order chi connectivity index (χ0) is 32.4. The second-order valence-corrected chi connectivity index (χ2v) is 14.3. The van der Waals surface area contributed by atoms with Crippen molar-refractivity contribution in [2.24, 2.45) is 11.8 Å². The molecule has 3 aromatic rings. The maximum atomic E-state index is 14.0. The molecule has 46 heavy (non-hydrogen) atoms. The summed E-state index contributed by atoms with van der Waals surface area (Å²) in [5.41, 5.74) is 4.86. The smallest absolute Gasteiger partial charge is 0.254 e. The second kappa shape index (κ2) is 14.2. The summed E-state index contributed by atoms with van der Waals surface area (Å²) >= 11 is 1.60. The first kappa shape index (κ1) is 32.6. The van der Waals surface area contributed by atoms with Crippen molar-refractivity contribution in [2.75, 3.05) is 39.3 Å². The molecule has 0 radical (unpaired) electrons. The first-order valence-electron chi connectivity index (χ1n) is 16.5. The number of aryl methyl sites for hydroxylation is 1. The molecular formula is C34H46N6O5S. The lowest BCUT2D eigenvalue weighted by Gasteiger charge is -2.41. The molecule has 6 rings (SSSR count). The van der Waals surface area contributed by atoms with Gasteiger partial charge in [0.15, 0.2) is 5.76 Å². The van der Waals surface area contributed by atoms with E-state index in [1.807, 2.05) is 57.5 Å². The van der Waals surface area contributed by atoms with Crippen LogP contribution < -0.4 is 15.4 Å². The van der Waals surface area contributed by atoms with Crippen molar-refractivity contribution in [3.63, 3.8) is 0 Å². The van der Waals surface area contributed by atoms with Gasteiger partial charge in [-0.05, 0) is 67.9 Å². The maximum absolute atomic E-state index is 14.0. The van der Waals surface area contributed by atoms with Crippen LogP contribution in [0.15, 0.2) is 40.4 Å². The molecule has 3 fully saturated rings. The molecule has 2 aromatic heterocycles. The Kier molecular flexibility index (Phi) is 10.1. The number of thiazole rings is 1. The van der Waals surface area contributed by atoms with Crippen molar-refractivity contribution in [2.45, 2.75) is 77.2 Å². The SMILES string of the molecule is Cc1ncsc1-c1ccc(C(C)NC(=O)[C@@H]2C[C@@H](O)CN2C(=O)C(c2cc(OC3CN(CC4CCNCC4)C3)no2)C(C)C)cc1. The Bertz CT molecular complexity index is 1480. The van der Waals surface area contributed by atoms with Gasteiger partial charge in [-0.25, -0.2) is 4.98 Å². The van der Waals surface area contributed by atoms with Gasteiger partial charge in [0.2, 0.25) is 11.8 Å². The van der Waals surface area contributed by atoms with Crippen LogP contribution in [-0.2, 0) is 9.59 Å². The van der Waals surface area contributed by atoms with Crippen LogP contribution in [0.2, 0.25) is 0 Å². The number of β-amino-alcohol motifs (C(OH)–C–C–N with tert-alkyl or cyclic N) is 1. The number of aliphatic hydroxyl groups is 1. The van der Waals surface area contributed by atoms with Crippen LogP contribution in [0, 0.1) is 18.8 Å². The molecule has 11 nitrogen and oxygen atoms in total. The molecule has 2 unspecified atom stereocenters. The van der Waals surface area contributed by atoms with Gasteiger partial charge in [0, 0.05) is 38.7 Å². The minimum absolute atomic E-state index is 0.0460. The van der Waals surface area contributed by atoms with Crippen LogP contribution in [0.25, 0.3) is 10.4 Å². The van der Waals surface area contributed by atoms with E-state index in [9.17, 15) is 14.7 Å². The highest BCUT2D eigenvalue weighted by Crippen LogP contribution is 2.34. The fourth-order valence-corrected chi connectivity index (χ4v) is 7.75. The minimum Gasteiger partial charge on any atom is -0.469 e. The molecule has 0 spiro atoms. The van der Waals surface area contributed by atoms with Gasteiger partial charge in [0.05, 0.1) is 28.2 Å². The van der Waals surface area contributed by atoms with Crippen LogP contribution in [-0.4, -0.2) is 94.4 Å². The molecule has 4 atom stereocenters. The minimum atomic E-state index is -0.787. The summed E-state index contributed by atoms with van der Waals surface area (Å²) in [5.74, 6) is 0.183. The summed E-state index contributed by atoms with van der Waals surface area (Å²) in [7, 11) is 0. The van der Waals surface area contributed by atoms with Crippen LogP contribution in [0.1, 0.15) is 69.0 Å². The Morgan fingerprint density at radius 1 is 1.15 bits per heavy atom. The standard InChI is InChI=1S/C34H46N6O5S/c1-20(2)31(29-14-30(38-45-29)44-27-17-39(18-27)15-23-9-11-35-12-10-23)34(43)40-16-26(41)13-28(40)33(42)37-21(3)24-5-7-25(8-6-24)32-22(4)36-19-46-32/h5-8,14,19-21,23,26-28,31,35,41H,9-13,15-18H2,1-4H3,(H,37,42)/t21?,26-,28+,31?/m1/s1. The third kappa shape index (κ3) is 7.30. The van der Waals surface area contributed by atoms with Gasteiger partial charge in [-0.3, -0.25) is 14.5 Å². The highest BCUT2D eigenvalue weighted by Gasteiger charge is 2.43. The molecule has 248 valence electrons. The monoisotopic (exact) mass is 650 g/mol. The van der Waals surface area contributed by atoms with Crippen molar-refractivity contribution in [1.82, 2.24) is 30.6 Å². The Balaban J connectivity index is 1.06. The number of carbonyl (C=O) groups is 2. The molecule has 0 saturated carbocycles. The van der Waals surface area contributed by atoms with Crippen molar-refractivity contribution in [3.8, 4) is 16.3 Å². The molecular weight excluding hydrogens is 604 g/mol. The van der Waals surface area contributed by atoms with Gasteiger partial charge >= 0.3 is 0 Å². The fourth-order valence-electron chi connectivity index (χ4n) is 6.94. The van der Waals surface area contributed by atoms with E-state index in [0.717, 1.165) is 60.3 Å². The number of carbonyl (C=O) groups excluding carboxylic acids is 2. The Labute approximate surface area is 274 Å². The molecule has 12 heteroatoms. The predicted molar refractivity (Wildman–Crippen MR) is 176 cm³/mol. The third-order valence-corrected chi connectivity index (χ3v) is 10.6. The number of hydrogen-bond acceptors (Lipinski definition) is 10. The summed E-state index contributed by atoms with van der Waals surface area (Å²) in [5, 5.41) is 21.2. The number of ether oxygens (including phenoxy) is 1. The van der Waals surface area contributed by atoms with Crippen LogP contribution >= 0.6 is 11.3 Å². The lowest BCUT2D eigenvalue weighted by atomic mass is 9.91. The van der Waals surface area contributed by atoms with Crippen molar-refractivity contribution in [1.29, 1.82) is 0 Å². The number of likely N-dealkylation sites (tertiary alicyclic amines) is 2. The quantitative estimate of drug-likeness (QED) is 0.284. The number of nitrogens with one attached hydrogen (secondary N) is 2. The van der Waals surface area contributed by atoms with Gasteiger partial charge in [0.25, 0.3) is 5.88 Å². The fraction of sp³-hybridized carbons (Fsp3) is 0.588. The summed E-state index contributed by atoms with van der Waals surface area (Å²) in [6.07, 6.45) is 1.88. The average Bonchev–Trinajstić information content (AvgIpc) is 3.76. The van der Waals surface area contributed by atoms with Crippen LogP contribution in [0.5, 0.6) is 5.88 Å². The molecule has 1 aromatic carbocycles. The van der Waals surface area contributed by atoms with Gasteiger partial charge in [-0.1, -0.05) is 38.1 Å². The number of piperidine rings is 1. The van der Waals surface area contributed by atoms with E-state index < -0.39 is 18.1 Å². The number of hydrogen-bond donors (Lipinski definition) is 3. The normalized spacial score (nSPS) is 22.5. The zero-order valence-corrected chi connectivity index (χ0v) is 28.0. The number of amides is 2. The van der Waals surface area contributed by atoms with Gasteiger partial charge in [0.1, 0.15) is 18.1 Å². The van der Waals surface area contributed by atoms with E-state index in [2.05, 4.69) is 25.7 Å². The lowest BCUT2D eigenvalue weighted by molar-refractivity contribution is -0.141. The number of benzene rings is 1. The molecule has 3 N–H and O–H groups in total. The maximum Gasteiger partial charge on any atom is 0.254 e. The Hall–Kier alpha value is -3.32. The predicted octanol–water partition coefficient (Wildman–Crippen LogP) is 3.75. The molecule has 0 bridgehead atoms. The molecule has 5 heterocycles. The number of rotatable bonds is 11. The number of aromatic nitrogens is 2. The summed E-state index contributed by atoms with van der Waals surface area (Å²) < 4.78 is 11.8. The first-order chi connectivity index (χ1) is 22.2.